The largest absolute Gasteiger partial charge is 0.310 e. The fourth-order valence-electron chi connectivity index (χ4n) is 2.97. The van der Waals surface area contributed by atoms with Crippen LogP contribution in [0.1, 0.15) is 36.4 Å². The Balaban J connectivity index is 1.73. The molecule has 4 heteroatoms. The predicted molar refractivity (Wildman–Crippen MR) is 92.8 cm³/mol. The first-order valence-electron chi connectivity index (χ1n) is 8.21. The van der Waals surface area contributed by atoms with Gasteiger partial charge in [-0.05, 0) is 58.1 Å². The number of piperidine rings is 1. The molecule has 0 aliphatic carbocycles. The number of hydrogen-bond donors (Lipinski definition) is 1. The maximum Gasteiger partial charge on any atom is 0.0328 e. The van der Waals surface area contributed by atoms with E-state index in [2.05, 4.69) is 55.2 Å². The Morgan fingerprint density at radius 2 is 1.90 bits per heavy atom. The molecule has 1 aromatic rings. The van der Waals surface area contributed by atoms with Gasteiger partial charge in [0.1, 0.15) is 0 Å². The zero-order valence-electron chi connectivity index (χ0n) is 14.1. The van der Waals surface area contributed by atoms with Crippen molar-refractivity contribution in [2.45, 2.75) is 45.8 Å². The smallest absolute Gasteiger partial charge is 0.0328 e. The summed E-state index contributed by atoms with van der Waals surface area (Å²) in [5.41, 5.74) is 0. The molecular weight excluding hydrogens is 278 g/mol. The molecule has 120 valence electrons. The summed E-state index contributed by atoms with van der Waals surface area (Å²) in [6.07, 6.45) is 2.70. The average Bonchev–Trinajstić information content (AvgIpc) is 2.86. The molecule has 0 radical (unpaired) electrons. The van der Waals surface area contributed by atoms with Gasteiger partial charge in [-0.2, -0.15) is 0 Å². The van der Waals surface area contributed by atoms with Crippen molar-refractivity contribution in [2.75, 3.05) is 33.7 Å². The van der Waals surface area contributed by atoms with E-state index in [9.17, 15) is 0 Å². The fourth-order valence-corrected chi connectivity index (χ4v) is 3.98. The van der Waals surface area contributed by atoms with Gasteiger partial charge in [0.05, 0.1) is 0 Å². The number of likely N-dealkylation sites (tertiary alicyclic amines) is 1. The molecule has 1 saturated heterocycles. The van der Waals surface area contributed by atoms with Gasteiger partial charge in [-0.1, -0.05) is 13.8 Å². The van der Waals surface area contributed by atoms with Crippen molar-refractivity contribution < 1.29 is 0 Å². The lowest BCUT2D eigenvalue weighted by atomic mass is 9.96. The third-order valence-electron chi connectivity index (χ3n) is 4.11. The molecule has 0 bridgehead atoms. The second-order valence-corrected chi connectivity index (χ2v) is 8.14. The van der Waals surface area contributed by atoms with Gasteiger partial charge in [0.25, 0.3) is 0 Å². The summed E-state index contributed by atoms with van der Waals surface area (Å²) in [6, 6.07) is 5.16. The van der Waals surface area contributed by atoms with Crippen molar-refractivity contribution in [3.63, 3.8) is 0 Å². The normalized spacial score (nSPS) is 18.0. The molecule has 0 atom stereocenters. The Morgan fingerprint density at radius 3 is 2.52 bits per heavy atom. The molecule has 1 aliphatic rings. The van der Waals surface area contributed by atoms with E-state index in [0.29, 0.717) is 6.04 Å². The van der Waals surface area contributed by atoms with Gasteiger partial charge in [0.15, 0.2) is 0 Å². The lowest BCUT2D eigenvalue weighted by Crippen LogP contribution is -2.36. The van der Waals surface area contributed by atoms with Gasteiger partial charge in [0, 0.05) is 35.4 Å². The maximum absolute atomic E-state index is 3.49. The Labute approximate surface area is 134 Å². The first kappa shape index (κ1) is 16.9. The van der Waals surface area contributed by atoms with E-state index in [4.69, 9.17) is 0 Å². The van der Waals surface area contributed by atoms with Crippen molar-refractivity contribution in [1.29, 1.82) is 0 Å². The van der Waals surface area contributed by atoms with Gasteiger partial charge < -0.3 is 10.2 Å². The summed E-state index contributed by atoms with van der Waals surface area (Å²) in [5.74, 6) is 0.894. The van der Waals surface area contributed by atoms with Crippen molar-refractivity contribution in [3.05, 3.63) is 21.9 Å². The summed E-state index contributed by atoms with van der Waals surface area (Å²) < 4.78 is 0. The molecule has 0 saturated carbocycles. The van der Waals surface area contributed by atoms with Crippen LogP contribution in [0.15, 0.2) is 12.1 Å². The Kier molecular flexibility index (Phi) is 6.68. The quantitative estimate of drug-likeness (QED) is 0.835. The minimum Gasteiger partial charge on any atom is -0.310 e. The van der Waals surface area contributed by atoms with Crippen LogP contribution in [-0.2, 0) is 13.1 Å². The van der Waals surface area contributed by atoms with Crippen LogP contribution >= 0.6 is 11.3 Å². The summed E-state index contributed by atoms with van der Waals surface area (Å²) in [5, 5.41) is 3.49. The minimum atomic E-state index is 0.561. The molecule has 21 heavy (non-hydrogen) atoms. The number of nitrogens with one attached hydrogen (secondary N) is 1. The third kappa shape index (κ3) is 6.07. The summed E-state index contributed by atoms with van der Waals surface area (Å²) in [6.45, 7) is 10.3. The van der Waals surface area contributed by atoms with Crippen molar-refractivity contribution >= 4 is 11.3 Å². The van der Waals surface area contributed by atoms with E-state index in [0.717, 1.165) is 19.0 Å². The predicted octanol–water partition coefficient (Wildman–Crippen LogP) is 3.02. The highest BCUT2D eigenvalue weighted by Crippen LogP contribution is 2.23. The maximum atomic E-state index is 3.49. The van der Waals surface area contributed by atoms with E-state index >= 15 is 0 Å². The molecule has 3 nitrogen and oxygen atoms in total. The van der Waals surface area contributed by atoms with E-state index in [1.54, 1.807) is 0 Å². The molecule has 1 aromatic heterocycles. The van der Waals surface area contributed by atoms with E-state index in [1.165, 1.54) is 42.2 Å². The van der Waals surface area contributed by atoms with Gasteiger partial charge in [-0.25, -0.2) is 0 Å². The van der Waals surface area contributed by atoms with Crippen LogP contribution < -0.4 is 5.32 Å². The Hall–Kier alpha value is -0.420. The molecule has 0 amide bonds. The summed E-state index contributed by atoms with van der Waals surface area (Å²) in [7, 11) is 4.37. The van der Waals surface area contributed by atoms with Gasteiger partial charge in [0.2, 0.25) is 0 Å². The molecule has 1 fully saturated rings. The minimum absolute atomic E-state index is 0.561. The number of thiophene rings is 1. The lowest BCUT2D eigenvalue weighted by molar-refractivity contribution is 0.158. The first-order chi connectivity index (χ1) is 10.0. The summed E-state index contributed by atoms with van der Waals surface area (Å²) >= 11 is 1.97. The van der Waals surface area contributed by atoms with Crippen molar-refractivity contribution in [3.8, 4) is 0 Å². The number of rotatable bonds is 7. The molecule has 1 N–H and O–H groups in total. The number of hydrogen-bond acceptors (Lipinski definition) is 4. The highest BCUT2D eigenvalue weighted by molar-refractivity contribution is 7.11. The second-order valence-electron chi connectivity index (χ2n) is 6.89. The standard InChI is InChI=1S/C17H31N3S/c1-14(2)18-11-16-5-6-17(21-16)13-20-9-7-15(8-10-20)12-19(3)4/h5-6,14-15,18H,7-13H2,1-4H3. The molecule has 2 rings (SSSR count). The van der Waals surface area contributed by atoms with Gasteiger partial charge in [-0.15, -0.1) is 11.3 Å². The van der Waals surface area contributed by atoms with Crippen LogP contribution in [0, 0.1) is 5.92 Å². The van der Waals surface area contributed by atoms with Crippen LogP contribution in [0.4, 0.5) is 0 Å². The fraction of sp³-hybridized carbons (Fsp3) is 0.765. The SMILES string of the molecule is CC(C)NCc1ccc(CN2CCC(CN(C)C)CC2)s1. The zero-order chi connectivity index (χ0) is 15.2. The third-order valence-corrected chi connectivity index (χ3v) is 5.18. The van der Waals surface area contributed by atoms with Crippen LogP contribution in [0.3, 0.4) is 0 Å². The summed E-state index contributed by atoms with van der Waals surface area (Å²) in [4.78, 5) is 7.92. The van der Waals surface area contributed by atoms with Gasteiger partial charge >= 0.3 is 0 Å². The molecular formula is C17H31N3S. The van der Waals surface area contributed by atoms with E-state index < -0.39 is 0 Å². The number of nitrogens with zero attached hydrogens (tertiary/aromatic N) is 2. The molecule has 0 spiro atoms. The van der Waals surface area contributed by atoms with Crippen LogP contribution in [0.2, 0.25) is 0 Å². The first-order valence-corrected chi connectivity index (χ1v) is 9.02. The zero-order valence-corrected chi connectivity index (χ0v) is 14.9. The average molecular weight is 310 g/mol. The van der Waals surface area contributed by atoms with Crippen molar-refractivity contribution in [2.24, 2.45) is 5.92 Å². The van der Waals surface area contributed by atoms with Crippen LogP contribution in [-0.4, -0.2) is 49.6 Å². The molecule has 0 unspecified atom stereocenters. The molecule has 1 aliphatic heterocycles. The lowest BCUT2D eigenvalue weighted by Gasteiger charge is -2.32. The van der Waals surface area contributed by atoms with Crippen molar-refractivity contribution in [1.82, 2.24) is 15.1 Å². The Bertz CT molecular complexity index is 406. The van der Waals surface area contributed by atoms with Gasteiger partial charge in [-0.3, -0.25) is 4.90 Å². The van der Waals surface area contributed by atoms with Crippen LogP contribution in [0.5, 0.6) is 0 Å². The molecule has 2 heterocycles. The van der Waals surface area contributed by atoms with E-state index in [1.807, 2.05) is 11.3 Å². The molecule has 0 aromatic carbocycles. The second kappa shape index (κ2) is 8.28. The van der Waals surface area contributed by atoms with E-state index in [-0.39, 0.29) is 0 Å². The highest BCUT2D eigenvalue weighted by Gasteiger charge is 2.20. The Morgan fingerprint density at radius 1 is 1.24 bits per heavy atom. The highest BCUT2D eigenvalue weighted by atomic mass is 32.1. The van der Waals surface area contributed by atoms with Crippen LogP contribution in [0.25, 0.3) is 0 Å². The topological polar surface area (TPSA) is 18.5 Å². The monoisotopic (exact) mass is 309 g/mol.